The minimum absolute atomic E-state index is 0.285. The lowest BCUT2D eigenvalue weighted by atomic mass is 10.2. The van der Waals surface area contributed by atoms with Crippen molar-refractivity contribution in [3.8, 4) is 0 Å². The van der Waals surface area contributed by atoms with E-state index in [9.17, 15) is 0 Å². The molecule has 116 valence electrons. The Balaban J connectivity index is 1.80. The van der Waals surface area contributed by atoms with Crippen molar-refractivity contribution in [1.29, 1.82) is 0 Å². The number of piperazine rings is 1. The predicted molar refractivity (Wildman–Crippen MR) is 81.6 cm³/mol. The first-order chi connectivity index (χ1) is 10.1. The third-order valence-electron chi connectivity index (χ3n) is 4.17. The van der Waals surface area contributed by atoms with Gasteiger partial charge in [0.2, 0.25) is 17.8 Å². The van der Waals surface area contributed by atoms with Crippen LogP contribution in [-0.2, 0) is 4.74 Å². The maximum Gasteiger partial charge on any atom is 0.232 e. The zero-order valence-electron chi connectivity index (χ0n) is 12.7. The molecule has 8 heteroatoms. The fourth-order valence-electron chi connectivity index (χ4n) is 2.65. The first kappa shape index (κ1) is 14.3. The summed E-state index contributed by atoms with van der Waals surface area (Å²) >= 11 is 0. The van der Waals surface area contributed by atoms with Crippen molar-refractivity contribution in [2.45, 2.75) is 13.0 Å². The fourth-order valence-corrected chi connectivity index (χ4v) is 2.65. The molecule has 1 atom stereocenters. The first-order valence-electron chi connectivity index (χ1n) is 7.43. The lowest BCUT2D eigenvalue weighted by molar-refractivity contribution is 0.122. The molecule has 3 heterocycles. The van der Waals surface area contributed by atoms with E-state index in [0.29, 0.717) is 31.2 Å². The number of nitrogen functional groups attached to an aromatic ring is 1. The molecule has 8 nitrogen and oxygen atoms in total. The van der Waals surface area contributed by atoms with Gasteiger partial charge in [0.25, 0.3) is 0 Å². The van der Waals surface area contributed by atoms with Crippen LogP contribution in [0.3, 0.4) is 0 Å². The van der Waals surface area contributed by atoms with Gasteiger partial charge < -0.3 is 25.2 Å². The number of anilines is 3. The van der Waals surface area contributed by atoms with E-state index in [2.05, 4.69) is 43.6 Å². The van der Waals surface area contributed by atoms with E-state index in [-0.39, 0.29) is 5.95 Å². The molecule has 0 aromatic carbocycles. The Labute approximate surface area is 124 Å². The largest absolute Gasteiger partial charge is 0.378 e. The Hall–Kier alpha value is -1.67. The normalized spacial score (nSPS) is 24.4. The molecular formula is C13H23N7O. The second kappa shape index (κ2) is 5.98. The van der Waals surface area contributed by atoms with E-state index in [1.54, 1.807) is 0 Å². The second-order valence-corrected chi connectivity index (χ2v) is 5.67. The number of aromatic nitrogens is 3. The minimum Gasteiger partial charge on any atom is -0.378 e. The van der Waals surface area contributed by atoms with Gasteiger partial charge in [0, 0.05) is 38.8 Å². The zero-order chi connectivity index (χ0) is 14.8. The van der Waals surface area contributed by atoms with E-state index in [4.69, 9.17) is 10.5 Å². The number of nitrogens with zero attached hydrogens (tertiary/aromatic N) is 6. The molecule has 0 saturated carbocycles. The molecule has 0 amide bonds. The van der Waals surface area contributed by atoms with Crippen molar-refractivity contribution in [3.05, 3.63) is 0 Å². The van der Waals surface area contributed by atoms with Crippen molar-refractivity contribution < 1.29 is 4.74 Å². The number of morpholine rings is 1. The van der Waals surface area contributed by atoms with Crippen molar-refractivity contribution in [2.75, 3.05) is 68.5 Å². The standard InChI is InChI=1S/C13H23N7O/c1-10-9-20(4-3-18(10)2)13-16-11(14)15-12(17-13)19-5-7-21-8-6-19/h10H,3-9H2,1-2H3,(H2,14,15,16,17). The van der Waals surface area contributed by atoms with E-state index < -0.39 is 0 Å². The highest BCUT2D eigenvalue weighted by molar-refractivity contribution is 5.44. The van der Waals surface area contributed by atoms with E-state index in [0.717, 1.165) is 32.7 Å². The Morgan fingerprint density at radius 2 is 1.67 bits per heavy atom. The molecule has 2 fully saturated rings. The Bertz CT molecular complexity index is 491. The molecule has 0 bridgehead atoms. The summed E-state index contributed by atoms with van der Waals surface area (Å²) in [5, 5.41) is 0. The number of hydrogen-bond acceptors (Lipinski definition) is 8. The molecule has 2 N–H and O–H groups in total. The van der Waals surface area contributed by atoms with Crippen LogP contribution in [0.1, 0.15) is 6.92 Å². The minimum atomic E-state index is 0.285. The summed E-state index contributed by atoms with van der Waals surface area (Å²) in [6.07, 6.45) is 0. The molecular weight excluding hydrogens is 270 g/mol. The van der Waals surface area contributed by atoms with Gasteiger partial charge >= 0.3 is 0 Å². The van der Waals surface area contributed by atoms with Crippen LogP contribution in [0.4, 0.5) is 17.8 Å². The van der Waals surface area contributed by atoms with Crippen LogP contribution in [0, 0.1) is 0 Å². The van der Waals surface area contributed by atoms with Gasteiger partial charge in [0.05, 0.1) is 13.2 Å². The molecule has 3 rings (SSSR count). The maximum absolute atomic E-state index is 5.88. The Morgan fingerprint density at radius 3 is 2.33 bits per heavy atom. The van der Waals surface area contributed by atoms with Crippen LogP contribution in [0.5, 0.6) is 0 Å². The van der Waals surface area contributed by atoms with Gasteiger partial charge in [-0.15, -0.1) is 0 Å². The SMILES string of the molecule is CC1CN(c2nc(N)nc(N3CCOCC3)n2)CCN1C. The number of hydrogen-bond donors (Lipinski definition) is 1. The number of likely N-dealkylation sites (N-methyl/N-ethyl adjacent to an activating group) is 1. The van der Waals surface area contributed by atoms with Crippen LogP contribution in [0.25, 0.3) is 0 Å². The Morgan fingerprint density at radius 1 is 1.00 bits per heavy atom. The van der Waals surface area contributed by atoms with Crippen LogP contribution in [0.2, 0.25) is 0 Å². The number of rotatable bonds is 2. The van der Waals surface area contributed by atoms with Gasteiger partial charge in [-0.3, -0.25) is 0 Å². The second-order valence-electron chi connectivity index (χ2n) is 5.67. The fraction of sp³-hybridized carbons (Fsp3) is 0.769. The van der Waals surface area contributed by atoms with Crippen molar-refractivity contribution in [1.82, 2.24) is 19.9 Å². The zero-order valence-corrected chi connectivity index (χ0v) is 12.7. The molecule has 0 spiro atoms. The van der Waals surface area contributed by atoms with E-state index >= 15 is 0 Å². The van der Waals surface area contributed by atoms with Crippen molar-refractivity contribution in [2.24, 2.45) is 0 Å². The van der Waals surface area contributed by atoms with Crippen LogP contribution in [0.15, 0.2) is 0 Å². The van der Waals surface area contributed by atoms with Gasteiger partial charge in [-0.05, 0) is 14.0 Å². The highest BCUT2D eigenvalue weighted by Gasteiger charge is 2.24. The molecule has 2 saturated heterocycles. The highest BCUT2D eigenvalue weighted by Crippen LogP contribution is 2.19. The predicted octanol–water partition coefficient (Wildman–Crippen LogP) is -0.569. The lowest BCUT2D eigenvalue weighted by Crippen LogP contribution is -2.50. The topological polar surface area (TPSA) is 83.6 Å². The summed E-state index contributed by atoms with van der Waals surface area (Å²) in [6.45, 7) is 8.01. The summed E-state index contributed by atoms with van der Waals surface area (Å²) in [6, 6.07) is 0.476. The average Bonchev–Trinajstić information content (AvgIpc) is 2.50. The van der Waals surface area contributed by atoms with Gasteiger partial charge in [-0.2, -0.15) is 15.0 Å². The van der Waals surface area contributed by atoms with E-state index in [1.807, 2.05) is 0 Å². The maximum atomic E-state index is 5.88. The van der Waals surface area contributed by atoms with Crippen LogP contribution >= 0.6 is 0 Å². The molecule has 2 aliphatic heterocycles. The molecule has 1 unspecified atom stereocenters. The quantitative estimate of drug-likeness (QED) is 0.776. The summed E-state index contributed by atoms with van der Waals surface area (Å²) in [5.41, 5.74) is 5.88. The third-order valence-corrected chi connectivity index (χ3v) is 4.17. The monoisotopic (exact) mass is 293 g/mol. The Kier molecular flexibility index (Phi) is 4.07. The van der Waals surface area contributed by atoms with Gasteiger partial charge in [0.1, 0.15) is 0 Å². The molecule has 21 heavy (non-hydrogen) atoms. The van der Waals surface area contributed by atoms with Crippen LogP contribution in [-0.4, -0.2) is 78.9 Å². The first-order valence-corrected chi connectivity index (χ1v) is 7.43. The molecule has 0 radical (unpaired) electrons. The molecule has 1 aromatic rings. The van der Waals surface area contributed by atoms with Gasteiger partial charge in [-0.1, -0.05) is 0 Å². The molecule has 0 aliphatic carbocycles. The van der Waals surface area contributed by atoms with Crippen LogP contribution < -0.4 is 15.5 Å². The van der Waals surface area contributed by atoms with E-state index in [1.165, 1.54) is 0 Å². The summed E-state index contributed by atoms with van der Waals surface area (Å²) in [7, 11) is 2.14. The molecule has 1 aromatic heterocycles. The van der Waals surface area contributed by atoms with Crippen molar-refractivity contribution in [3.63, 3.8) is 0 Å². The lowest BCUT2D eigenvalue weighted by Gasteiger charge is -2.38. The summed E-state index contributed by atoms with van der Waals surface area (Å²) < 4.78 is 5.36. The third kappa shape index (κ3) is 3.16. The smallest absolute Gasteiger partial charge is 0.232 e. The molecule has 2 aliphatic rings. The van der Waals surface area contributed by atoms with Crippen molar-refractivity contribution >= 4 is 17.8 Å². The van der Waals surface area contributed by atoms with Gasteiger partial charge in [0.15, 0.2) is 0 Å². The summed E-state index contributed by atoms with van der Waals surface area (Å²) in [4.78, 5) is 19.8. The number of ether oxygens (including phenoxy) is 1. The highest BCUT2D eigenvalue weighted by atomic mass is 16.5. The average molecular weight is 293 g/mol. The van der Waals surface area contributed by atoms with Gasteiger partial charge in [-0.25, -0.2) is 0 Å². The number of nitrogens with two attached hydrogens (primary N) is 1. The summed E-state index contributed by atoms with van der Waals surface area (Å²) in [5.74, 6) is 1.63.